The van der Waals surface area contributed by atoms with Crippen LogP contribution in [0, 0.1) is 29.1 Å². The number of tetrazole rings is 1. The van der Waals surface area contributed by atoms with Gasteiger partial charge in [-0.15, -0.1) is 10.2 Å². The first kappa shape index (κ1) is 27.8. The van der Waals surface area contributed by atoms with E-state index >= 15 is 0 Å². The van der Waals surface area contributed by atoms with Crippen LogP contribution in [0.2, 0.25) is 0 Å². The van der Waals surface area contributed by atoms with E-state index in [4.69, 9.17) is 11.5 Å². The van der Waals surface area contributed by atoms with Gasteiger partial charge in [0.05, 0.1) is 18.0 Å². The van der Waals surface area contributed by atoms with Gasteiger partial charge in [0.1, 0.15) is 6.04 Å². The Morgan fingerprint density at radius 3 is 2.71 bits per heavy atom. The molecule has 218 valence electrons. The maximum Gasteiger partial charge on any atom is 0.248 e. The predicted octanol–water partition coefficient (Wildman–Crippen LogP) is 1.02. The Morgan fingerprint density at radius 2 is 2.02 bits per heavy atom. The number of hydrogen-bond acceptors (Lipinski definition) is 8. The molecule has 2 heterocycles. The molecule has 12 nitrogen and oxygen atoms in total. The van der Waals surface area contributed by atoms with Crippen molar-refractivity contribution in [1.82, 2.24) is 30.8 Å². The van der Waals surface area contributed by atoms with Crippen molar-refractivity contribution in [3.8, 4) is 6.07 Å². The Bertz CT molecular complexity index is 1490. The average molecular weight is 570 g/mol. The van der Waals surface area contributed by atoms with Gasteiger partial charge in [0, 0.05) is 29.6 Å². The number of nitrogens with zero attached hydrogens (tertiary/aromatic N) is 5. The van der Waals surface area contributed by atoms with Crippen LogP contribution in [0.4, 0.5) is 0 Å². The zero-order chi connectivity index (χ0) is 29.4. The number of carbonyl (C=O) groups excluding carboxylic acids is 3. The second-order valence-electron chi connectivity index (χ2n) is 11.9. The molecular weight excluding hydrogens is 534 g/mol. The molecule has 2 aromatic rings. The molecular formula is C30H35N9O3. The van der Waals surface area contributed by atoms with Gasteiger partial charge in [-0.2, -0.15) is 10.5 Å². The van der Waals surface area contributed by atoms with Crippen LogP contribution < -0.4 is 16.8 Å². The Morgan fingerprint density at radius 1 is 1.19 bits per heavy atom. The molecule has 4 aliphatic rings. The highest BCUT2D eigenvalue weighted by molar-refractivity contribution is 5.95. The quantitative estimate of drug-likeness (QED) is 0.343. The van der Waals surface area contributed by atoms with Gasteiger partial charge in [0.2, 0.25) is 17.7 Å². The lowest BCUT2D eigenvalue weighted by Gasteiger charge is -2.43. The van der Waals surface area contributed by atoms with Gasteiger partial charge in [0.15, 0.2) is 5.82 Å². The van der Waals surface area contributed by atoms with Crippen molar-refractivity contribution in [3.63, 3.8) is 0 Å². The number of primary amides is 2. The second kappa shape index (κ2) is 11.1. The third-order valence-electron chi connectivity index (χ3n) is 9.52. The van der Waals surface area contributed by atoms with E-state index in [1.807, 2.05) is 24.3 Å². The number of nitrogens with one attached hydrogen (secondary N) is 2. The lowest BCUT2D eigenvalue weighted by atomic mass is 9.60. The molecule has 3 amide bonds. The summed E-state index contributed by atoms with van der Waals surface area (Å²) in [6.07, 6.45) is 11.3. The number of benzene rings is 1. The Labute approximate surface area is 243 Å². The molecule has 42 heavy (non-hydrogen) atoms. The molecule has 2 fully saturated rings. The third kappa shape index (κ3) is 4.98. The Hall–Kier alpha value is -4.37. The van der Waals surface area contributed by atoms with E-state index in [1.54, 1.807) is 17.0 Å². The maximum atomic E-state index is 13.2. The smallest absolute Gasteiger partial charge is 0.248 e. The van der Waals surface area contributed by atoms with Gasteiger partial charge in [0.25, 0.3) is 0 Å². The van der Waals surface area contributed by atoms with Crippen LogP contribution >= 0.6 is 0 Å². The Balaban J connectivity index is 1.42. The standard InChI is InChI=1S/C30H35N9O3/c31-15-22-2-1-11-39(22)26(40)16-34-25(17-3-4-17)14-30(29-35-37-38-36-29)23-9-7-20(27(32)41)12-18(23)5-6-19-13-21(28(33)42)8-10-24(19)30/h7-10,12-13,17-18,22-23,25,34H,1-6,11,14,16H2,(H2,32,41)(H2,33,42)(H,35,36,37,38)/t18?,22?,23?,25-,30?/m0/s1. The van der Waals surface area contributed by atoms with Gasteiger partial charge in [-0.1, -0.05) is 29.5 Å². The molecule has 6 N–H and O–H groups in total. The summed E-state index contributed by atoms with van der Waals surface area (Å²) in [4.78, 5) is 39.2. The topological polar surface area (TPSA) is 197 Å². The van der Waals surface area contributed by atoms with Gasteiger partial charge in [-0.25, -0.2) is 0 Å². The van der Waals surface area contributed by atoms with E-state index in [2.05, 4.69) is 32.0 Å². The van der Waals surface area contributed by atoms with E-state index in [9.17, 15) is 19.6 Å². The number of nitrogens with two attached hydrogens (primary N) is 2. The van der Waals surface area contributed by atoms with Crippen molar-refractivity contribution >= 4 is 17.7 Å². The number of H-pyrrole nitrogens is 1. The second-order valence-corrected chi connectivity index (χ2v) is 11.9. The molecule has 0 spiro atoms. The number of rotatable bonds is 9. The van der Waals surface area contributed by atoms with Gasteiger partial charge < -0.3 is 21.7 Å². The van der Waals surface area contributed by atoms with Gasteiger partial charge >= 0.3 is 0 Å². The number of hydrogen-bond donors (Lipinski definition) is 4. The highest BCUT2D eigenvalue weighted by atomic mass is 16.2. The number of aromatic nitrogens is 4. The number of nitriles is 1. The van der Waals surface area contributed by atoms with Crippen molar-refractivity contribution in [3.05, 3.63) is 64.5 Å². The molecule has 1 aliphatic heterocycles. The summed E-state index contributed by atoms with van der Waals surface area (Å²) >= 11 is 0. The first-order valence-electron chi connectivity index (χ1n) is 14.6. The maximum absolute atomic E-state index is 13.2. The summed E-state index contributed by atoms with van der Waals surface area (Å²) in [6, 6.07) is 7.36. The summed E-state index contributed by atoms with van der Waals surface area (Å²) in [5, 5.41) is 28.7. The molecule has 1 aromatic carbocycles. The minimum Gasteiger partial charge on any atom is -0.366 e. The van der Waals surface area contributed by atoms with Gasteiger partial charge in [-0.3, -0.25) is 14.4 Å². The number of fused-ring (bicyclic) bond motifs is 2. The zero-order valence-electron chi connectivity index (χ0n) is 23.3. The first-order chi connectivity index (χ1) is 20.3. The summed E-state index contributed by atoms with van der Waals surface area (Å²) in [6.45, 7) is 0.725. The third-order valence-corrected chi connectivity index (χ3v) is 9.52. The molecule has 3 aliphatic carbocycles. The minimum absolute atomic E-state index is 0.0621. The fraction of sp³-hybridized carbons (Fsp3) is 0.500. The molecule has 1 aromatic heterocycles. The monoisotopic (exact) mass is 569 g/mol. The SMILES string of the molecule is N#CC1CCCN1C(=O)CN[C@@H](CC1(c2nn[nH]n2)c2ccc(C(N)=O)cc2CCC2C=C(C(N)=O)C=CC21)C1CC1. The number of aromatic amines is 1. The highest BCUT2D eigenvalue weighted by Gasteiger charge is 2.53. The summed E-state index contributed by atoms with van der Waals surface area (Å²) in [7, 11) is 0. The van der Waals surface area contributed by atoms with E-state index in [1.165, 1.54) is 0 Å². The highest BCUT2D eigenvalue weighted by Crippen LogP contribution is 2.53. The molecule has 5 atom stereocenters. The van der Waals surface area contributed by atoms with Crippen molar-refractivity contribution < 1.29 is 14.4 Å². The lowest BCUT2D eigenvalue weighted by molar-refractivity contribution is -0.130. The number of amides is 3. The molecule has 6 rings (SSSR count). The normalized spacial score (nSPS) is 27.3. The lowest BCUT2D eigenvalue weighted by Crippen LogP contribution is -2.49. The van der Waals surface area contributed by atoms with Crippen LogP contribution in [0.1, 0.15) is 65.8 Å². The minimum atomic E-state index is -0.804. The van der Waals surface area contributed by atoms with Crippen LogP contribution in [-0.4, -0.2) is 68.4 Å². The molecule has 0 bridgehead atoms. The number of carbonyl (C=O) groups is 3. The summed E-state index contributed by atoms with van der Waals surface area (Å²) in [5.41, 5.74) is 13.4. The van der Waals surface area contributed by atoms with Crippen LogP contribution in [0.15, 0.2) is 42.0 Å². The van der Waals surface area contributed by atoms with Crippen LogP contribution in [0.25, 0.3) is 0 Å². The first-order valence-corrected chi connectivity index (χ1v) is 14.6. The largest absolute Gasteiger partial charge is 0.366 e. The molecule has 1 saturated heterocycles. The van der Waals surface area contributed by atoms with Crippen LogP contribution in [0.5, 0.6) is 0 Å². The predicted molar refractivity (Wildman–Crippen MR) is 151 cm³/mol. The zero-order valence-corrected chi connectivity index (χ0v) is 23.3. The Kier molecular flexibility index (Phi) is 7.36. The molecule has 12 heteroatoms. The average Bonchev–Trinajstić information content (AvgIpc) is 3.50. The molecule has 4 unspecified atom stereocenters. The van der Waals surface area contributed by atoms with E-state index in [-0.39, 0.29) is 36.4 Å². The summed E-state index contributed by atoms with van der Waals surface area (Å²) < 4.78 is 0. The van der Waals surface area contributed by atoms with Crippen molar-refractivity contribution in [2.45, 2.75) is 62.4 Å². The van der Waals surface area contributed by atoms with Gasteiger partial charge in [-0.05, 0) is 80.0 Å². The van der Waals surface area contributed by atoms with E-state index in [0.29, 0.717) is 55.1 Å². The number of allylic oxidation sites excluding steroid dienone is 2. The van der Waals surface area contributed by atoms with Crippen molar-refractivity contribution in [2.24, 2.45) is 29.2 Å². The molecule has 1 saturated carbocycles. The van der Waals surface area contributed by atoms with Crippen LogP contribution in [0.3, 0.4) is 0 Å². The fourth-order valence-corrected chi connectivity index (χ4v) is 7.32. The summed E-state index contributed by atoms with van der Waals surface area (Å²) in [5.74, 6) is -0.422. The van der Waals surface area contributed by atoms with Crippen molar-refractivity contribution in [2.75, 3.05) is 13.1 Å². The van der Waals surface area contributed by atoms with E-state index in [0.717, 1.165) is 30.4 Å². The van der Waals surface area contributed by atoms with Crippen LogP contribution in [-0.2, 0) is 21.4 Å². The fourth-order valence-electron chi connectivity index (χ4n) is 7.32. The van der Waals surface area contributed by atoms with E-state index < -0.39 is 17.2 Å². The van der Waals surface area contributed by atoms with Crippen molar-refractivity contribution in [1.29, 1.82) is 5.26 Å². The number of likely N-dealkylation sites (tertiary alicyclic amines) is 1. The number of aryl methyl sites for hydroxylation is 1. The molecule has 0 radical (unpaired) electrons.